The summed E-state index contributed by atoms with van der Waals surface area (Å²) in [6, 6.07) is 8.82. The summed E-state index contributed by atoms with van der Waals surface area (Å²) in [5.74, 6) is 0. The van der Waals surface area contributed by atoms with Gasteiger partial charge in [-0.1, -0.05) is 64.3 Å². The first-order valence-electron chi connectivity index (χ1n) is 12.2. The summed E-state index contributed by atoms with van der Waals surface area (Å²) in [5.41, 5.74) is 2.84. The number of hydrogen-bond acceptors (Lipinski definition) is 5. The number of ether oxygens (including phenoxy) is 5. The lowest BCUT2D eigenvalue weighted by Crippen LogP contribution is -2.24. The standard InChI is InChI=1S/C26H44O5/c1-4-5-7-13-26(2,3)24-11-9-10-23(21-24)22-29-18-17-27-15-16-28-19-20-31-25-12-6-8-14-30-25/h9-11,21,25H,4-8,12-20,22H2,1-3H3. The molecule has 2 rings (SSSR count). The van der Waals surface area contributed by atoms with E-state index in [1.807, 2.05) is 0 Å². The number of unbranched alkanes of at least 4 members (excludes halogenated alkanes) is 2. The molecule has 1 aromatic carbocycles. The largest absolute Gasteiger partial charge is 0.377 e. The summed E-state index contributed by atoms with van der Waals surface area (Å²) in [5, 5.41) is 0. The van der Waals surface area contributed by atoms with Crippen molar-refractivity contribution < 1.29 is 23.7 Å². The Bertz CT molecular complexity index is 569. The van der Waals surface area contributed by atoms with Crippen molar-refractivity contribution in [1.82, 2.24) is 0 Å². The van der Waals surface area contributed by atoms with Gasteiger partial charge in [0.05, 0.1) is 46.2 Å². The predicted molar refractivity (Wildman–Crippen MR) is 124 cm³/mol. The maximum atomic E-state index is 5.80. The summed E-state index contributed by atoms with van der Waals surface area (Å²) in [4.78, 5) is 0. The molecule has 0 aliphatic carbocycles. The molecule has 0 radical (unpaired) electrons. The van der Waals surface area contributed by atoms with E-state index in [1.54, 1.807) is 0 Å². The molecule has 31 heavy (non-hydrogen) atoms. The van der Waals surface area contributed by atoms with Gasteiger partial charge in [-0.05, 0) is 42.2 Å². The molecular formula is C26H44O5. The zero-order chi connectivity index (χ0) is 22.2. The minimum atomic E-state index is -0.0430. The smallest absolute Gasteiger partial charge is 0.157 e. The van der Waals surface area contributed by atoms with Crippen molar-refractivity contribution in [3.05, 3.63) is 35.4 Å². The normalized spacial score (nSPS) is 17.2. The van der Waals surface area contributed by atoms with Gasteiger partial charge in [-0.3, -0.25) is 0 Å². The molecule has 0 amide bonds. The average molecular weight is 437 g/mol. The van der Waals surface area contributed by atoms with Gasteiger partial charge in [-0.15, -0.1) is 0 Å². The zero-order valence-electron chi connectivity index (χ0n) is 20.0. The molecule has 178 valence electrons. The lowest BCUT2D eigenvalue weighted by Gasteiger charge is -2.26. The Kier molecular flexibility index (Phi) is 13.4. The highest BCUT2D eigenvalue weighted by molar-refractivity contribution is 5.28. The second-order valence-electron chi connectivity index (χ2n) is 8.99. The molecule has 1 aromatic rings. The molecule has 0 spiro atoms. The SMILES string of the molecule is CCCCCC(C)(C)c1cccc(COCCOCCOCCOC2CCCCO2)c1. The Morgan fingerprint density at radius 2 is 1.68 bits per heavy atom. The molecule has 0 bridgehead atoms. The Morgan fingerprint density at radius 1 is 0.935 bits per heavy atom. The molecule has 1 aliphatic rings. The van der Waals surface area contributed by atoms with E-state index in [4.69, 9.17) is 23.7 Å². The zero-order valence-corrected chi connectivity index (χ0v) is 20.0. The molecule has 1 aliphatic heterocycles. The first kappa shape index (κ1) is 26.3. The highest BCUT2D eigenvalue weighted by Crippen LogP contribution is 2.30. The second kappa shape index (κ2) is 15.8. The quantitative estimate of drug-likeness (QED) is 0.296. The van der Waals surface area contributed by atoms with Gasteiger partial charge >= 0.3 is 0 Å². The molecule has 1 unspecified atom stereocenters. The minimum absolute atomic E-state index is 0.0430. The van der Waals surface area contributed by atoms with E-state index in [9.17, 15) is 0 Å². The summed E-state index contributed by atoms with van der Waals surface area (Å²) in [7, 11) is 0. The highest BCUT2D eigenvalue weighted by atomic mass is 16.7. The van der Waals surface area contributed by atoms with Crippen LogP contribution in [0.5, 0.6) is 0 Å². The Labute approximate surface area is 189 Å². The van der Waals surface area contributed by atoms with Crippen molar-refractivity contribution in [3.8, 4) is 0 Å². The Balaban J connectivity index is 1.47. The van der Waals surface area contributed by atoms with Gasteiger partial charge < -0.3 is 23.7 Å². The van der Waals surface area contributed by atoms with Crippen LogP contribution in [0.1, 0.15) is 76.8 Å². The molecular weight excluding hydrogens is 392 g/mol. The van der Waals surface area contributed by atoms with Crippen LogP contribution < -0.4 is 0 Å². The minimum Gasteiger partial charge on any atom is -0.377 e. The van der Waals surface area contributed by atoms with Crippen molar-refractivity contribution in [2.75, 3.05) is 46.2 Å². The van der Waals surface area contributed by atoms with Gasteiger partial charge in [0, 0.05) is 6.61 Å². The molecule has 5 nitrogen and oxygen atoms in total. The van der Waals surface area contributed by atoms with Crippen LogP contribution in [0.4, 0.5) is 0 Å². The third-order valence-electron chi connectivity index (χ3n) is 5.80. The van der Waals surface area contributed by atoms with E-state index in [-0.39, 0.29) is 11.7 Å². The van der Waals surface area contributed by atoms with Crippen LogP contribution in [0.3, 0.4) is 0 Å². The summed E-state index contributed by atoms with van der Waals surface area (Å²) in [6.07, 6.45) is 8.35. The topological polar surface area (TPSA) is 46.2 Å². The fourth-order valence-corrected chi connectivity index (χ4v) is 3.75. The van der Waals surface area contributed by atoms with Crippen LogP contribution in [-0.4, -0.2) is 52.5 Å². The summed E-state index contributed by atoms with van der Waals surface area (Å²) < 4.78 is 28.1. The number of rotatable bonds is 17. The first-order valence-corrected chi connectivity index (χ1v) is 12.2. The monoisotopic (exact) mass is 436 g/mol. The van der Waals surface area contributed by atoms with E-state index in [2.05, 4.69) is 45.0 Å². The van der Waals surface area contributed by atoms with Crippen LogP contribution in [0.15, 0.2) is 24.3 Å². The van der Waals surface area contributed by atoms with Crippen molar-refractivity contribution in [3.63, 3.8) is 0 Å². The Morgan fingerprint density at radius 3 is 2.39 bits per heavy atom. The van der Waals surface area contributed by atoms with Crippen molar-refractivity contribution in [2.45, 2.75) is 84.0 Å². The van der Waals surface area contributed by atoms with Crippen LogP contribution in [0.25, 0.3) is 0 Å². The van der Waals surface area contributed by atoms with E-state index in [0.717, 1.165) is 19.4 Å². The molecule has 1 heterocycles. The van der Waals surface area contributed by atoms with Gasteiger partial charge in [0.2, 0.25) is 0 Å². The molecule has 0 saturated carbocycles. The van der Waals surface area contributed by atoms with Crippen LogP contribution in [0.2, 0.25) is 0 Å². The third-order valence-corrected chi connectivity index (χ3v) is 5.80. The second-order valence-corrected chi connectivity index (χ2v) is 8.99. The molecule has 1 atom stereocenters. The fourth-order valence-electron chi connectivity index (χ4n) is 3.75. The van der Waals surface area contributed by atoms with E-state index in [0.29, 0.717) is 46.2 Å². The Hall–Kier alpha value is -0.980. The summed E-state index contributed by atoms with van der Waals surface area (Å²) in [6.45, 7) is 11.8. The van der Waals surface area contributed by atoms with E-state index < -0.39 is 0 Å². The highest BCUT2D eigenvalue weighted by Gasteiger charge is 2.20. The maximum absolute atomic E-state index is 5.80. The molecule has 1 saturated heterocycles. The van der Waals surface area contributed by atoms with Crippen LogP contribution in [0, 0.1) is 0 Å². The average Bonchev–Trinajstić information content (AvgIpc) is 2.78. The van der Waals surface area contributed by atoms with Crippen molar-refractivity contribution in [2.24, 2.45) is 0 Å². The third kappa shape index (κ3) is 11.4. The number of hydrogen-bond donors (Lipinski definition) is 0. The lowest BCUT2D eigenvalue weighted by atomic mass is 9.79. The molecule has 1 fully saturated rings. The fraction of sp³-hybridized carbons (Fsp3) is 0.769. The van der Waals surface area contributed by atoms with E-state index in [1.165, 1.54) is 43.2 Å². The molecule has 5 heteroatoms. The van der Waals surface area contributed by atoms with Gasteiger partial charge in [0.15, 0.2) is 6.29 Å². The summed E-state index contributed by atoms with van der Waals surface area (Å²) >= 11 is 0. The first-order chi connectivity index (χ1) is 15.1. The van der Waals surface area contributed by atoms with Gasteiger partial charge in [0.1, 0.15) is 0 Å². The lowest BCUT2D eigenvalue weighted by molar-refractivity contribution is -0.169. The van der Waals surface area contributed by atoms with Gasteiger partial charge in [0.25, 0.3) is 0 Å². The van der Waals surface area contributed by atoms with Crippen LogP contribution in [-0.2, 0) is 35.7 Å². The maximum Gasteiger partial charge on any atom is 0.157 e. The number of benzene rings is 1. The predicted octanol–water partition coefficient (Wildman–Crippen LogP) is 5.64. The molecule has 0 aromatic heterocycles. The van der Waals surface area contributed by atoms with Crippen molar-refractivity contribution in [1.29, 1.82) is 0 Å². The van der Waals surface area contributed by atoms with E-state index >= 15 is 0 Å². The molecule has 0 N–H and O–H groups in total. The van der Waals surface area contributed by atoms with Gasteiger partial charge in [-0.25, -0.2) is 0 Å². The van der Waals surface area contributed by atoms with Crippen molar-refractivity contribution >= 4 is 0 Å². The van der Waals surface area contributed by atoms with Gasteiger partial charge in [-0.2, -0.15) is 0 Å². The van der Waals surface area contributed by atoms with Crippen LogP contribution >= 0.6 is 0 Å².